The van der Waals surface area contributed by atoms with Gasteiger partial charge in [0.15, 0.2) is 0 Å². The Morgan fingerprint density at radius 1 is 1.57 bits per heavy atom. The van der Waals surface area contributed by atoms with Gasteiger partial charge in [-0.15, -0.1) is 0 Å². The molecular weight excluding hydrogens is 265 g/mol. The molecule has 78 valence electrons. The van der Waals surface area contributed by atoms with Gasteiger partial charge in [-0.25, -0.2) is 4.39 Å². The number of rotatable bonds is 4. The third-order valence-electron chi connectivity index (χ3n) is 2.01. The van der Waals surface area contributed by atoms with Crippen LogP contribution >= 0.6 is 27.7 Å². The number of hydrogen-bond donors (Lipinski definition) is 1. The zero-order valence-electron chi connectivity index (χ0n) is 7.97. The second-order valence-corrected chi connectivity index (χ2v) is 4.87. The second-order valence-electron chi connectivity index (χ2n) is 3.03. The van der Waals surface area contributed by atoms with Crippen LogP contribution < -0.4 is 5.73 Å². The molecule has 1 aromatic rings. The van der Waals surface area contributed by atoms with E-state index < -0.39 is 0 Å². The Labute approximate surface area is 96.4 Å². The third-order valence-corrected chi connectivity index (χ3v) is 3.27. The van der Waals surface area contributed by atoms with E-state index in [1.807, 2.05) is 6.26 Å². The summed E-state index contributed by atoms with van der Waals surface area (Å²) in [4.78, 5) is 0. The van der Waals surface area contributed by atoms with E-state index in [1.165, 1.54) is 0 Å². The van der Waals surface area contributed by atoms with Gasteiger partial charge in [0.1, 0.15) is 5.82 Å². The predicted molar refractivity (Wildman–Crippen MR) is 64.0 cm³/mol. The molecule has 0 heterocycles. The normalized spacial score (nSPS) is 12.9. The molecule has 2 N–H and O–H groups in total. The lowest BCUT2D eigenvalue weighted by atomic mass is 10.1. The minimum absolute atomic E-state index is 0.208. The van der Waals surface area contributed by atoms with Gasteiger partial charge >= 0.3 is 0 Å². The van der Waals surface area contributed by atoms with Crippen molar-refractivity contribution in [1.29, 1.82) is 0 Å². The van der Waals surface area contributed by atoms with E-state index in [4.69, 9.17) is 5.73 Å². The maximum Gasteiger partial charge on any atom is 0.142 e. The minimum Gasteiger partial charge on any atom is -0.324 e. The van der Waals surface area contributed by atoms with Gasteiger partial charge in [-0.1, -0.05) is 12.1 Å². The average Bonchev–Trinajstić information content (AvgIpc) is 2.18. The lowest BCUT2D eigenvalue weighted by Crippen LogP contribution is -2.13. The average molecular weight is 278 g/mol. The first-order valence-corrected chi connectivity index (χ1v) is 6.54. The fourth-order valence-electron chi connectivity index (χ4n) is 1.21. The van der Waals surface area contributed by atoms with Crippen molar-refractivity contribution in [2.24, 2.45) is 5.73 Å². The molecule has 0 aromatic heterocycles. The molecule has 0 aliphatic carbocycles. The standard InChI is InChI=1S/C10H13BrFNS/c1-14-6-5-9(13)7-3-2-4-8(11)10(7)12/h2-4,9H,5-6,13H2,1H3. The first-order valence-electron chi connectivity index (χ1n) is 4.35. The van der Waals surface area contributed by atoms with Crippen LogP contribution in [0, 0.1) is 5.82 Å². The van der Waals surface area contributed by atoms with Crippen molar-refractivity contribution in [2.75, 3.05) is 12.0 Å². The second kappa shape index (κ2) is 5.73. The molecule has 0 spiro atoms. The Hall–Kier alpha value is -0.0600. The monoisotopic (exact) mass is 277 g/mol. The first-order chi connectivity index (χ1) is 6.66. The van der Waals surface area contributed by atoms with Crippen LogP contribution in [0.15, 0.2) is 22.7 Å². The molecule has 14 heavy (non-hydrogen) atoms. The lowest BCUT2D eigenvalue weighted by Gasteiger charge is -2.12. The van der Waals surface area contributed by atoms with Gasteiger partial charge in [-0.2, -0.15) is 11.8 Å². The SMILES string of the molecule is CSCCC(N)c1cccc(Br)c1F. The Bertz CT molecular complexity index is 306. The van der Waals surface area contributed by atoms with Crippen LogP contribution in [0.4, 0.5) is 4.39 Å². The lowest BCUT2D eigenvalue weighted by molar-refractivity contribution is 0.571. The molecule has 0 aliphatic heterocycles. The number of thioether (sulfide) groups is 1. The van der Waals surface area contributed by atoms with Gasteiger partial charge in [0.25, 0.3) is 0 Å². The van der Waals surface area contributed by atoms with E-state index in [9.17, 15) is 4.39 Å². The summed E-state index contributed by atoms with van der Waals surface area (Å²) < 4.78 is 14.0. The highest BCUT2D eigenvalue weighted by Crippen LogP contribution is 2.24. The molecule has 1 aromatic carbocycles. The summed E-state index contributed by atoms with van der Waals surface area (Å²) in [5, 5.41) is 0. The Balaban J connectivity index is 2.79. The van der Waals surface area contributed by atoms with E-state index in [0.29, 0.717) is 10.0 Å². The zero-order valence-corrected chi connectivity index (χ0v) is 10.4. The number of benzene rings is 1. The van der Waals surface area contributed by atoms with Crippen molar-refractivity contribution in [3.63, 3.8) is 0 Å². The van der Waals surface area contributed by atoms with Gasteiger partial charge in [-0.05, 0) is 40.4 Å². The van der Waals surface area contributed by atoms with Crippen LogP contribution in [-0.4, -0.2) is 12.0 Å². The summed E-state index contributed by atoms with van der Waals surface area (Å²) in [5.41, 5.74) is 6.47. The van der Waals surface area contributed by atoms with Crippen LogP contribution in [0.2, 0.25) is 0 Å². The fourth-order valence-corrected chi connectivity index (χ4v) is 2.08. The molecule has 0 aliphatic rings. The molecule has 1 unspecified atom stereocenters. The molecule has 0 bridgehead atoms. The molecular formula is C10H13BrFNS. The maximum absolute atomic E-state index is 13.5. The quantitative estimate of drug-likeness (QED) is 0.914. The summed E-state index contributed by atoms with van der Waals surface area (Å²) in [6, 6.07) is 5.02. The van der Waals surface area contributed by atoms with Crippen molar-refractivity contribution in [3.8, 4) is 0 Å². The molecule has 0 saturated heterocycles. The minimum atomic E-state index is -0.235. The van der Waals surface area contributed by atoms with Crippen molar-refractivity contribution < 1.29 is 4.39 Å². The molecule has 1 nitrogen and oxygen atoms in total. The first kappa shape index (κ1) is 12.0. The number of nitrogens with two attached hydrogens (primary N) is 1. The molecule has 1 rings (SSSR count). The highest BCUT2D eigenvalue weighted by molar-refractivity contribution is 9.10. The Morgan fingerprint density at radius 2 is 2.29 bits per heavy atom. The van der Waals surface area contributed by atoms with Crippen LogP contribution in [0.25, 0.3) is 0 Å². The molecule has 0 radical (unpaired) electrons. The van der Waals surface area contributed by atoms with E-state index in [0.717, 1.165) is 12.2 Å². The van der Waals surface area contributed by atoms with Crippen LogP contribution in [0.1, 0.15) is 18.0 Å². The molecule has 0 amide bonds. The topological polar surface area (TPSA) is 26.0 Å². The smallest absolute Gasteiger partial charge is 0.142 e. The Morgan fingerprint density at radius 3 is 2.93 bits per heavy atom. The summed E-state index contributed by atoms with van der Waals surface area (Å²) in [6.45, 7) is 0. The number of hydrogen-bond acceptors (Lipinski definition) is 2. The van der Waals surface area contributed by atoms with Crippen molar-refractivity contribution in [1.82, 2.24) is 0 Å². The molecule has 0 fully saturated rings. The molecule has 1 atom stereocenters. The molecule has 4 heteroatoms. The molecule has 0 saturated carbocycles. The summed E-state index contributed by atoms with van der Waals surface area (Å²) in [6.07, 6.45) is 2.82. The van der Waals surface area contributed by atoms with E-state index in [-0.39, 0.29) is 11.9 Å². The van der Waals surface area contributed by atoms with E-state index in [2.05, 4.69) is 15.9 Å². The van der Waals surface area contributed by atoms with Crippen molar-refractivity contribution >= 4 is 27.7 Å². The number of halogens is 2. The van der Waals surface area contributed by atoms with Crippen LogP contribution in [0.5, 0.6) is 0 Å². The van der Waals surface area contributed by atoms with E-state index >= 15 is 0 Å². The largest absolute Gasteiger partial charge is 0.324 e. The van der Waals surface area contributed by atoms with Gasteiger partial charge in [0, 0.05) is 11.6 Å². The fraction of sp³-hybridized carbons (Fsp3) is 0.400. The van der Waals surface area contributed by atoms with Crippen LogP contribution in [-0.2, 0) is 0 Å². The Kier molecular flexibility index (Phi) is 4.92. The summed E-state index contributed by atoms with van der Waals surface area (Å²) >= 11 is 4.87. The van der Waals surface area contributed by atoms with Crippen LogP contribution in [0.3, 0.4) is 0 Å². The summed E-state index contributed by atoms with van der Waals surface area (Å²) in [7, 11) is 0. The zero-order chi connectivity index (χ0) is 10.6. The van der Waals surface area contributed by atoms with Crippen molar-refractivity contribution in [3.05, 3.63) is 34.1 Å². The van der Waals surface area contributed by atoms with E-state index in [1.54, 1.807) is 30.0 Å². The maximum atomic E-state index is 13.5. The van der Waals surface area contributed by atoms with Gasteiger partial charge < -0.3 is 5.73 Å². The third kappa shape index (κ3) is 2.97. The highest BCUT2D eigenvalue weighted by Gasteiger charge is 2.12. The van der Waals surface area contributed by atoms with Gasteiger partial charge in [0.05, 0.1) is 4.47 Å². The highest BCUT2D eigenvalue weighted by atomic mass is 79.9. The van der Waals surface area contributed by atoms with Crippen molar-refractivity contribution in [2.45, 2.75) is 12.5 Å². The summed E-state index contributed by atoms with van der Waals surface area (Å²) in [5.74, 6) is 0.716. The van der Waals surface area contributed by atoms with Gasteiger partial charge in [0.2, 0.25) is 0 Å². The predicted octanol–water partition coefficient (Wildman–Crippen LogP) is 3.34. The van der Waals surface area contributed by atoms with Gasteiger partial charge in [-0.3, -0.25) is 0 Å².